The zero-order valence-electron chi connectivity index (χ0n) is 18.2. The molecule has 0 fully saturated rings. The number of hydrogen-bond acceptors (Lipinski definition) is 4. The summed E-state index contributed by atoms with van der Waals surface area (Å²) in [6, 6.07) is 15.3. The van der Waals surface area contributed by atoms with Crippen molar-refractivity contribution < 1.29 is 9.53 Å². The van der Waals surface area contributed by atoms with E-state index in [1.54, 1.807) is 13.3 Å². The predicted molar refractivity (Wildman–Crippen MR) is 121 cm³/mol. The number of nitrogens with zero attached hydrogens (tertiary/aromatic N) is 3. The zero-order chi connectivity index (χ0) is 22.0. The molecule has 6 nitrogen and oxygen atoms in total. The number of hydrogen-bond donors (Lipinski definition) is 1. The molecule has 0 aliphatic rings. The molecule has 2 aromatic carbocycles. The molecule has 0 saturated carbocycles. The molecule has 1 amide bonds. The second-order valence-electron chi connectivity index (χ2n) is 7.66. The Hall–Kier alpha value is -3.67. The van der Waals surface area contributed by atoms with E-state index in [1.807, 2.05) is 73.3 Å². The standard InChI is InChI=1S/C25H26N4O2/c1-16-20-7-5-6-8-22(20)27-17(2)21(16)15-23(30)28-24(25-26-13-14-29(25)3)18-9-11-19(31-4)12-10-18/h5-14,24H,15H2,1-4H3,(H,28,30)/t24-/m1/s1. The Bertz CT molecular complexity index is 1230. The fourth-order valence-electron chi connectivity index (χ4n) is 3.95. The van der Waals surface area contributed by atoms with Crippen LogP contribution in [0, 0.1) is 13.8 Å². The first-order valence-corrected chi connectivity index (χ1v) is 10.2. The molecule has 1 N–H and O–H groups in total. The molecule has 4 rings (SSSR count). The molecule has 2 heterocycles. The summed E-state index contributed by atoms with van der Waals surface area (Å²) in [5.41, 5.74) is 4.82. The molecule has 0 spiro atoms. The van der Waals surface area contributed by atoms with Gasteiger partial charge in [-0.15, -0.1) is 0 Å². The van der Waals surface area contributed by atoms with Crippen LogP contribution >= 0.6 is 0 Å². The number of methoxy groups -OCH3 is 1. The summed E-state index contributed by atoms with van der Waals surface area (Å²) in [4.78, 5) is 22.3. The first kappa shape index (κ1) is 20.6. The number of carbonyl (C=O) groups excluding carboxylic acids is 1. The summed E-state index contributed by atoms with van der Waals surface area (Å²) in [7, 11) is 3.56. The molecule has 0 bridgehead atoms. The third-order valence-electron chi connectivity index (χ3n) is 5.69. The molecule has 0 aliphatic heterocycles. The normalized spacial score (nSPS) is 12.0. The van der Waals surface area contributed by atoms with Crippen LogP contribution in [0.3, 0.4) is 0 Å². The number of aryl methyl sites for hydroxylation is 3. The van der Waals surface area contributed by atoms with E-state index in [1.165, 1.54) is 0 Å². The molecule has 1 atom stereocenters. The molecule has 2 aromatic heterocycles. The van der Waals surface area contributed by atoms with E-state index in [4.69, 9.17) is 9.72 Å². The van der Waals surface area contributed by atoms with Crippen molar-refractivity contribution in [1.82, 2.24) is 19.9 Å². The van der Waals surface area contributed by atoms with Crippen molar-refractivity contribution in [2.24, 2.45) is 7.05 Å². The van der Waals surface area contributed by atoms with Crippen molar-refractivity contribution in [3.8, 4) is 5.75 Å². The van der Waals surface area contributed by atoms with Gasteiger partial charge in [-0.3, -0.25) is 9.78 Å². The number of fused-ring (bicyclic) bond motifs is 1. The largest absolute Gasteiger partial charge is 0.497 e. The van der Waals surface area contributed by atoms with Crippen LogP contribution in [0.4, 0.5) is 0 Å². The first-order valence-electron chi connectivity index (χ1n) is 10.2. The third kappa shape index (κ3) is 4.14. The van der Waals surface area contributed by atoms with Gasteiger partial charge in [0.1, 0.15) is 17.6 Å². The summed E-state index contributed by atoms with van der Waals surface area (Å²) >= 11 is 0. The number of aromatic nitrogens is 3. The lowest BCUT2D eigenvalue weighted by atomic mass is 9.98. The molecule has 4 aromatic rings. The lowest BCUT2D eigenvalue weighted by molar-refractivity contribution is -0.121. The zero-order valence-corrected chi connectivity index (χ0v) is 18.2. The Morgan fingerprint density at radius 2 is 1.87 bits per heavy atom. The summed E-state index contributed by atoms with van der Waals surface area (Å²) in [6.45, 7) is 4.01. The first-order chi connectivity index (χ1) is 15.0. The second-order valence-corrected chi connectivity index (χ2v) is 7.66. The number of amides is 1. The lowest BCUT2D eigenvalue weighted by Gasteiger charge is -2.20. The second kappa shape index (κ2) is 8.60. The number of para-hydroxylation sites is 1. The lowest BCUT2D eigenvalue weighted by Crippen LogP contribution is -2.32. The Labute approximate surface area is 181 Å². The fourth-order valence-corrected chi connectivity index (χ4v) is 3.95. The van der Waals surface area contributed by atoms with Gasteiger partial charge >= 0.3 is 0 Å². The SMILES string of the molecule is COc1ccc([C@@H](NC(=O)Cc2c(C)nc3ccccc3c2C)c2nccn2C)cc1. The minimum Gasteiger partial charge on any atom is -0.497 e. The predicted octanol–water partition coefficient (Wildman–Crippen LogP) is 4.04. The number of ether oxygens (including phenoxy) is 1. The van der Waals surface area contributed by atoms with Crippen LogP contribution in [0.5, 0.6) is 5.75 Å². The van der Waals surface area contributed by atoms with Crippen LogP contribution in [0.15, 0.2) is 60.9 Å². The van der Waals surface area contributed by atoms with Crippen molar-refractivity contribution in [3.05, 3.63) is 89.1 Å². The maximum atomic E-state index is 13.2. The van der Waals surface area contributed by atoms with Gasteiger partial charge in [-0.2, -0.15) is 0 Å². The van der Waals surface area contributed by atoms with E-state index >= 15 is 0 Å². The number of pyridine rings is 1. The number of imidazole rings is 1. The Kier molecular flexibility index (Phi) is 5.71. The van der Waals surface area contributed by atoms with Crippen LogP contribution < -0.4 is 10.1 Å². The van der Waals surface area contributed by atoms with Crippen LogP contribution in [0.25, 0.3) is 10.9 Å². The maximum Gasteiger partial charge on any atom is 0.225 e. The average Bonchev–Trinajstić information content (AvgIpc) is 3.20. The number of carbonyl (C=O) groups is 1. The van der Waals surface area contributed by atoms with E-state index < -0.39 is 0 Å². The van der Waals surface area contributed by atoms with Crippen molar-refractivity contribution in [3.63, 3.8) is 0 Å². The van der Waals surface area contributed by atoms with Crippen molar-refractivity contribution in [1.29, 1.82) is 0 Å². The molecule has 0 radical (unpaired) electrons. The van der Waals surface area contributed by atoms with Crippen molar-refractivity contribution in [2.45, 2.75) is 26.3 Å². The van der Waals surface area contributed by atoms with Gasteiger partial charge in [-0.1, -0.05) is 30.3 Å². The van der Waals surface area contributed by atoms with Gasteiger partial charge in [0, 0.05) is 30.5 Å². The smallest absolute Gasteiger partial charge is 0.225 e. The highest BCUT2D eigenvalue weighted by molar-refractivity contribution is 5.86. The van der Waals surface area contributed by atoms with Gasteiger partial charge < -0.3 is 14.6 Å². The quantitative estimate of drug-likeness (QED) is 0.517. The van der Waals surface area contributed by atoms with Crippen LogP contribution in [-0.2, 0) is 18.3 Å². The molecular weight excluding hydrogens is 388 g/mol. The monoisotopic (exact) mass is 414 g/mol. The van der Waals surface area contributed by atoms with Gasteiger partial charge in [0.2, 0.25) is 5.91 Å². The highest BCUT2D eigenvalue weighted by Crippen LogP contribution is 2.25. The van der Waals surface area contributed by atoms with Crippen LogP contribution in [-0.4, -0.2) is 27.6 Å². The third-order valence-corrected chi connectivity index (χ3v) is 5.69. The summed E-state index contributed by atoms with van der Waals surface area (Å²) in [5.74, 6) is 1.46. The Balaban J connectivity index is 1.64. The summed E-state index contributed by atoms with van der Waals surface area (Å²) < 4.78 is 7.19. The van der Waals surface area contributed by atoms with Crippen molar-refractivity contribution in [2.75, 3.05) is 7.11 Å². The van der Waals surface area contributed by atoms with Crippen LogP contribution in [0.2, 0.25) is 0 Å². The summed E-state index contributed by atoms with van der Waals surface area (Å²) in [6.07, 6.45) is 3.87. The van der Waals surface area contributed by atoms with E-state index in [0.29, 0.717) is 0 Å². The van der Waals surface area contributed by atoms with E-state index in [0.717, 1.165) is 44.9 Å². The molecule has 158 valence electrons. The van der Waals surface area contributed by atoms with Gasteiger partial charge in [-0.25, -0.2) is 4.98 Å². The average molecular weight is 415 g/mol. The molecular formula is C25H26N4O2. The molecule has 31 heavy (non-hydrogen) atoms. The van der Waals surface area contributed by atoms with Gasteiger partial charge in [-0.05, 0) is 48.7 Å². The van der Waals surface area contributed by atoms with E-state index in [2.05, 4.69) is 17.2 Å². The minimum absolute atomic E-state index is 0.0768. The summed E-state index contributed by atoms with van der Waals surface area (Å²) in [5, 5.41) is 4.25. The molecule has 0 aliphatic carbocycles. The van der Waals surface area contributed by atoms with E-state index in [9.17, 15) is 4.79 Å². The number of benzene rings is 2. The maximum absolute atomic E-state index is 13.2. The molecule has 6 heteroatoms. The number of rotatable bonds is 6. The van der Waals surface area contributed by atoms with E-state index in [-0.39, 0.29) is 18.4 Å². The number of nitrogens with one attached hydrogen (secondary N) is 1. The van der Waals surface area contributed by atoms with Gasteiger partial charge in [0.15, 0.2) is 0 Å². The fraction of sp³-hybridized carbons (Fsp3) is 0.240. The molecule has 0 saturated heterocycles. The Morgan fingerprint density at radius 1 is 1.13 bits per heavy atom. The van der Waals surface area contributed by atoms with Gasteiger partial charge in [0.05, 0.1) is 19.0 Å². The molecule has 0 unspecified atom stereocenters. The highest BCUT2D eigenvalue weighted by atomic mass is 16.5. The van der Waals surface area contributed by atoms with Gasteiger partial charge in [0.25, 0.3) is 0 Å². The van der Waals surface area contributed by atoms with Crippen LogP contribution in [0.1, 0.15) is 34.3 Å². The Morgan fingerprint density at radius 3 is 2.55 bits per heavy atom. The minimum atomic E-state index is -0.368. The van der Waals surface area contributed by atoms with Crippen molar-refractivity contribution >= 4 is 16.8 Å². The highest BCUT2D eigenvalue weighted by Gasteiger charge is 2.22. The topological polar surface area (TPSA) is 69.0 Å².